The molecule has 2 aromatic rings. The number of carbonyl (C=O) groups excluding carboxylic acids is 2. The smallest absolute Gasteiger partial charge is 0.252 e. The molecule has 1 aliphatic heterocycles. The number of pyridine rings is 1. The van der Waals surface area contributed by atoms with Crippen LogP contribution in [0.4, 0.5) is 0 Å². The lowest BCUT2D eigenvalue weighted by molar-refractivity contribution is -0.132. The van der Waals surface area contributed by atoms with Gasteiger partial charge >= 0.3 is 0 Å². The molecule has 2 fully saturated rings. The maximum Gasteiger partial charge on any atom is 0.252 e. The summed E-state index contributed by atoms with van der Waals surface area (Å²) in [7, 11) is -1.27. The molecule has 2 aliphatic rings. The number of nitrogens with one attached hydrogen (secondary N) is 1. The van der Waals surface area contributed by atoms with Crippen LogP contribution < -0.4 is 5.32 Å². The van der Waals surface area contributed by atoms with Gasteiger partial charge in [-0.3, -0.25) is 14.3 Å². The molecule has 9 nitrogen and oxygen atoms in total. The molecule has 0 aromatic carbocycles. The first-order valence-electron chi connectivity index (χ1n) is 9.80. The largest absolute Gasteiger partial charge is 0.340 e. The average molecular weight is 420 g/mol. The van der Waals surface area contributed by atoms with Crippen LogP contribution in [0.15, 0.2) is 6.07 Å². The number of rotatable bonds is 4. The number of nitrogens with zero attached hydrogens (tertiary/aromatic N) is 4. The van der Waals surface area contributed by atoms with Gasteiger partial charge in [0.05, 0.1) is 28.1 Å². The Bertz CT molecular complexity index is 1090. The van der Waals surface area contributed by atoms with Gasteiger partial charge in [0.25, 0.3) is 5.91 Å². The zero-order valence-electron chi connectivity index (χ0n) is 16.8. The van der Waals surface area contributed by atoms with E-state index in [0.29, 0.717) is 28.2 Å². The third kappa shape index (κ3) is 3.85. The highest BCUT2D eigenvalue weighted by atomic mass is 32.2. The van der Waals surface area contributed by atoms with E-state index in [2.05, 4.69) is 10.4 Å². The van der Waals surface area contributed by atoms with E-state index in [4.69, 9.17) is 4.98 Å². The molecule has 2 aromatic heterocycles. The number of hydrogen-bond donors (Lipinski definition) is 1. The van der Waals surface area contributed by atoms with E-state index in [-0.39, 0.29) is 36.4 Å². The number of aryl methyl sites for hydroxylation is 2. The van der Waals surface area contributed by atoms with Crippen LogP contribution in [-0.2, 0) is 21.7 Å². The molecule has 0 spiro atoms. The summed E-state index contributed by atoms with van der Waals surface area (Å²) in [6, 6.07) is 1.06. The van der Waals surface area contributed by atoms with Crippen LogP contribution in [0.5, 0.6) is 0 Å². The van der Waals surface area contributed by atoms with E-state index >= 15 is 0 Å². The van der Waals surface area contributed by atoms with Gasteiger partial charge in [0.2, 0.25) is 5.91 Å². The minimum Gasteiger partial charge on any atom is -0.340 e. The van der Waals surface area contributed by atoms with Gasteiger partial charge in [-0.1, -0.05) is 0 Å². The SMILES string of the molecule is Cc1nn(C)c2nc(C3CC3)cc(C(=O)NC(C)C(=O)N3CCS(=O)(=O)CC3)c12. The molecule has 1 saturated heterocycles. The number of sulfone groups is 1. The van der Waals surface area contributed by atoms with Crippen LogP contribution in [-0.4, -0.2) is 70.5 Å². The molecule has 1 aliphatic carbocycles. The predicted octanol–water partition coefficient (Wildman–Crippen LogP) is 0.529. The molecule has 0 radical (unpaired) electrons. The van der Waals surface area contributed by atoms with E-state index < -0.39 is 15.9 Å². The maximum atomic E-state index is 13.1. The summed E-state index contributed by atoms with van der Waals surface area (Å²) in [5.41, 5.74) is 2.73. The summed E-state index contributed by atoms with van der Waals surface area (Å²) < 4.78 is 24.8. The van der Waals surface area contributed by atoms with Crippen LogP contribution in [0.2, 0.25) is 0 Å². The normalized spacial score (nSPS) is 19.9. The van der Waals surface area contributed by atoms with Crippen molar-refractivity contribution in [2.45, 2.75) is 38.6 Å². The van der Waals surface area contributed by atoms with Crippen molar-refractivity contribution in [3.63, 3.8) is 0 Å². The first-order valence-corrected chi connectivity index (χ1v) is 11.6. The van der Waals surface area contributed by atoms with Gasteiger partial charge in [0, 0.05) is 31.7 Å². The lowest BCUT2D eigenvalue weighted by Gasteiger charge is -2.29. The third-order valence-corrected chi connectivity index (χ3v) is 7.21. The molecule has 0 bridgehead atoms. The van der Waals surface area contributed by atoms with Crippen LogP contribution in [0.25, 0.3) is 11.0 Å². The monoisotopic (exact) mass is 419 g/mol. The lowest BCUT2D eigenvalue weighted by Crippen LogP contribution is -2.51. The number of fused-ring (bicyclic) bond motifs is 1. The van der Waals surface area contributed by atoms with Crippen molar-refractivity contribution in [2.75, 3.05) is 24.6 Å². The summed E-state index contributed by atoms with van der Waals surface area (Å²) >= 11 is 0. The first kappa shape index (κ1) is 19.8. The molecule has 29 heavy (non-hydrogen) atoms. The summed E-state index contributed by atoms with van der Waals surface area (Å²) in [6.45, 7) is 3.78. The van der Waals surface area contributed by atoms with Gasteiger partial charge in [-0.05, 0) is 32.8 Å². The molecular weight excluding hydrogens is 394 g/mol. The van der Waals surface area contributed by atoms with E-state index in [1.807, 2.05) is 13.0 Å². The molecule has 4 rings (SSSR count). The maximum absolute atomic E-state index is 13.1. The fourth-order valence-corrected chi connectivity index (χ4v) is 4.98. The Morgan fingerprint density at radius 1 is 1.24 bits per heavy atom. The minimum absolute atomic E-state index is 0.0377. The van der Waals surface area contributed by atoms with E-state index in [0.717, 1.165) is 18.5 Å². The Morgan fingerprint density at radius 3 is 2.52 bits per heavy atom. The lowest BCUT2D eigenvalue weighted by atomic mass is 10.1. The Morgan fingerprint density at radius 2 is 1.90 bits per heavy atom. The summed E-state index contributed by atoms with van der Waals surface area (Å²) in [5, 5.41) is 7.87. The Labute approximate surface area is 169 Å². The summed E-state index contributed by atoms with van der Waals surface area (Å²) in [5.74, 6) is -0.325. The van der Waals surface area contributed by atoms with Crippen molar-refractivity contribution in [1.82, 2.24) is 25.0 Å². The second kappa shape index (κ2) is 7.08. The van der Waals surface area contributed by atoms with Gasteiger partial charge in [-0.2, -0.15) is 5.10 Å². The highest BCUT2D eigenvalue weighted by Gasteiger charge is 2.31. The Balaban J connectivity index is 1.56. The van der Waals surface area contributed by atoms with Crippen LogP contribution >= 0.6 is 0 Å². The number of aromatic nitrogens is 3. The van der Waals surface area contributed by atoms with Crippen LogP contribution in [0.3, 0.4) is 0 Å². The Kier molecular flexibility index (Phi) is 4.84. The third-order valence-electron chi connectivity index (χ3n) is 5.60. The first-order chi connectivity index (χ1) is 13.7. The fourth-order valence-electron chi connectivity index (χ4n) is 3.77. The topological polar surface area (TPSA) is 114 Å². The second-order valence-corrected chi connectivity index (χ2v) is 10.3. The molecule has 1 saturated carbocycles. The standard InChI is InChI=1S/C19H25N5O4S/c1-11-16-14(10-15(13-4-5-13)21-17(16)23(3)22-11)18(25)20-12(2)19(26)24-6-8-29(27,28)9-7-24/h10,12-13H,4-9H2,1-3H3,(H,20,25). The van der Waals surface area contributed by atoms with Gasteiger partial charge in [-0.25, -0.2) is 13.4 Å². The van der Waals surface area contributed by atoms with Crippen molar-refractivity contribution in [1.29, 1.82) is 0 Å². The van der Waals surface area contributed by atoms with E-state index in [1.54, 1.807) is 18.7 Å². The molecule has 2 amide bonds. The van der Waals surface area contributed by atoms with Gasteiger partial charge in [0.15, 0.2) is 15.5 Å². The van der Waals surface area contributed by atoms with Crippen molar-refractivity contribution < 1.29 is 18.0 Å². The minimum atomic E-state index is -3.07. The van der Waals surface area contributed by atoms with Crippen LogP contribution in [0, 0.1) is 6.92 Å². The fraction of sp³-hybridized carbons (Fsp3) is 0.579. The van der Waals surface area contributed by atoms with Crippen molar-refractivity contribution in [3.8, 4) is 0 Å². The molecule has 3 heterocycles. The molecule has 1 unspecified atom stereocenters. The average Bonchev–Trinajstić information content (AvgIpc) is 3.47. The zero-order valence-corrected chi connectivity index (χ0v) is 17.6. The Hall–Kier alpha value is -2.49. The van der Waals surface area contributed by atoms with Gasteiger partial charge < -0.3 is 10.2 Å². The number of hydrogen-bond acceptors (Lipinski definition) is 6. The number of amides is 2. The van der Waals surface area contributed by atoms with Crippen LogP contribution in [0.1, 0.15) is 47.4 Å². The van der Waals surface area contributed by atoms with Crippen molar-refractivity contribution in [2.24, 2.45) is 7.05 Å². The van der Waals surface area contributed by atoms with Crippen molar-refractivity contribution in [3.05, 3.63) is 23.0 Å². The molecule has 1 atom stereocenters. The number of carbonyl (C=O) groups is 2. The highest BCUT2D eigenvalue weighted by Crippen LogP contribution is 2.40. The molecule has 10 heteroatoms. The van der Waals surface area contributed by atoms with Gasteiger partial charge in [-0.15, -0.1) is 0 Å². The van der Waals surface area contributed by atoms with Gasteiger partial charge in [0.1, 0.15) is 6.04 Å². The zero-order chi connectivity index (χ0) is 20.9. The van der Waals surface area contributed by atoms with E-state index in [9.17, 15) is 18.0 Å². The van der Waals surface area contributed by atoms with Crippen molar-refractivity contribution >= 4 is 32.7 Å². The molecular formula is C19H25N5O4S. The summed E-state index contributed by atoms with van der Waals surface area (Å²) in [4.78, 5) is 31.9. The summed E-state index contributed by atoms with van der Waals surface area (Å²) in [6.07, 6.45) is 2.12. The highest BCUT2D eigenvalue weighted by molar-refractivity contribution is 7.91. The predicted molar refractivity (Wildman–Crippen MR) is 107 cm³/mol. The molecule has 156 valence electrons. The molecule has 1 N–H and O–H groups in total. The second-order valence-electron chi connectivity index (χ2n) is 7.95. The quantitative estimate of drug-likeness (QED) is 0.773. The van der Waals surface area contributed by atoms with E-state index in [1.165, 1.54) is 4.90 Å².